The van der Waals surface area contributed by atoms with Crippen LogP contribution in [0.5, 0.6) is 0 Å². The van der Waals surface area contributed by atoms with Gasteiger partial charge in [0.25, 0.3) is 0 Å². The summed E-state index contributed by atoms with van der Waals surface area (Å²) in [6, 6.07) is 10.9. The molecule has 0 aromatic heterocycles. The third-order valence-electron chi connectivity index (χ3n) is 5.13. The van der Waals surface area contributed by atoms with Crippen molar-refractivity contribution < 1.29 is 0 Å². The number of hydrogen-bond donors (Lipinski definition) is 1. The Balaban J connectivity index is 2.41. The average molecular weight is 307 g/mol. The van der Waals surface area contributed by atoms with Gasteiger partial charge in [-0.2, -0.15) is 11.8 Å². The van der Waals surface area contributed by atoms with E-state index in [9.17, 15) is 0 Å². The molecule has 0 spiro atoms. The fourth-order valence-corrected chi connectivity index (χ4v) is 5.20. The van der Waals surface area contributed by atoms with Crippen molar-refractivity contribution in [1.29, 1.82) is 0 Å². The summed E-state index contributed by atoms with van der Waals surface area (Å²) in [6.07, 6.45) is 3.68. The van der Waals surface area contributed by atoms with Crippen LogP contribution in [0, 0.1) is 5.41 Å². The van der Waals surface area contributed by atoms with E-state index in [1.54, 1.807) is 0 Å². The van der Waals surface area contributed by atoms with Crippen molar-refractivity contribution in [2.75, 3.05) is 29.5 Å². The molecule has 21 heavy (non-hydrogen) atoms. The third kappa shape index (κ3) is 3.24. The Hall–Kier alpha value is -0.670. The highest BCUT2D eigenvalue weighted by Gasteiger charge is 2.50. The van der Waals surface area contributed by atoms with Crippen LogP contribution in [0.3, 0.4) is 0 Å². The van der Waals surface area contributed by atoms with Crippen LogP contribution >= 0.6 is 11.8 Å². The zero-order valence-electron chi connectivity index (χ0n) is 13.8. The number of anilines is 1. The standard InChI is InChI=1S/C18H30N2S/c1-4-5-12-20(16-9-7-6-8-10-16)18(14-19)15-21-13-11-17(18,2)3/h6-10H,4-5,11-15,19H2,1-3H3. The minimum absolute atomic E-state index is 0.0619. The SMILES string of the molecule is CCCCN(c1ccccc1)C1(CN)CSCCC1(C)C. The molecule has 1 heterocycles. The summed E-state index contributed by atoms with van der Waals surface area (Å²) < 4.78 is 0. The zero-order valence-corrected chi connectivity index (χ0v) is 14.6. The van der Waals surface area contributed by atoms with Gasteiger partial charge in [0.05, 0.1) is 5.54 Å². The number of nitrogens with two attached hydrogens (primary N) is 1. The van der Waals surface area contributed by atoms with Crippen LogP contribution in [0.4, 0.5) is 5.69 Å². The van der Waals surface area contributed by atoms with Crippen LogP contribution in [0.25, 0.3) is 0 Å². The molecule has 0 saturated carbocycles. The average Bonchev–Trinajstić information content (AvgIpc) is 2.50. The van der Waals surface area contributed by atoms with Gasteiger partial charge >= 0.3 is 0 Å². The Morgan fingerprint density at radius 3 is 2.52 bits per heavy atom. The van der Waals surface area contributed by atoms with E-state index in [1.807, 2.05) is 0 Å². The summed E-state index contributed by atoms with van der Waals surface area (Å²) in [5, 5.41) is 0. The molecule has 2 rings (SSSR count). The Labute approximate surface area is 134 Å². The van der Waals surface area contributed by atoms with E-state index in [2.05, 4.69) is 67.8 Å². The van der Waals surface area contributed by atoms with Crippen molar-refractivity contribution in [3.05, 3.63) is 30.3 Å². The van der Waals surface area contributed by atoms with E-state index in [0.717, 1.165) is 18.8 Å². The highest BCUT2D eigenvalue weighted by molar-refractivity contribution is 7.99. The van der Waals surface area contributed by atoms with E-state index >= 15 is 0 Å². The van der Waals surface area contributed by atoms with Crippen molar-refractivity contribution in [2.45, 2.75) is 45.6 Å². The molecule has 1 aromatic carbocycles. The van der Waals surface area contributed by atoms with Crippen LogP contribution in [0.15, 0.2) is 30.3 Å². The first kappa shape index (κ1) is 16.7. The molecule has 2 N–H and O–H groups in total. The largest absolute Gasteiger partial charge is 0.363 e. The maximum atomic E-state index is 6.37. The molecule has 1 saturated heterocycles. The van der Waals surface area contributed by atoms with Crippen LogP contribution in [0.2, 0.25) is 0 Å². The minimum Gasteiger partial charge on any atom is -0.363 e. The van der Waals surface area contributed by atoms with Gasteiger partial charge in [-0.1, -0.05) is 45.4 Å². The van der Waals surface area contributed by atoms with Gasteiger partial charge in [-0.3, -0.25) is 0 Å². The summed E-state index contributed by atoms with van der Waals surface area (Å²) in [6.45, 7) is 8.90. The maximum absolute atomic E-state index is 6.37. The molecule has 1 aromatic rings. The highest BCUT2D eigenvalue weighted by atomic mass is 32.2. The first-order valence-electron chi connectivity index (χ1n) is 8.18. The summed E-state index contributed by atoms with van der Waals surface area (Å²) >= 11 is 2.06. The van der Waals surface area contributed by atoms with Gasteiger partial charge in [0.1, 0.15) is 0 Å². The van der Waals surface area contributed by atoms with E-state index in [4.69, 9.17) is 5.73 Å². The Kier molecular flexibility index (Phi) is 5.61. The second-order valence-electron chi connectivity index (χ2n) is 6.76. The lowest BCUT2D eigenvalue weighted by atomic mass is 9.69. The van der Waals surface area contributed by atoms with Crippen molar-refractivity contribution in [3.8, 4) is 0 Å². The molecule has 118 valence electrons. The number of benzene rings is 1. The number of thioether (sulfide) groups is 1. The second-order valence-corrected chi connectivity index (χ2v) is 7.87. The fourth-order valence-electron chi connectivity index (χ4n) is 3.40. The number of unbranched alkanes of at least 4 members (excludes halogenated alkanes) is 1. The summed E-state index contributed by atoms with van der Waals surface area (Å²) in [5.41, 5.74) is 8.00. The zero-order chi connectivity index (χ0) is 15.3. The number of nitrogens with zero attached hydrogens (tertiary/aromatic N) is 1. The van der Waals surface area contributed by atoms with Gasteiger partial charge in [0.15, 0.2) is 0 Å². The lowest BCUT2D eigenvalue weighted by Gasteiger charge is -2.56. The molecule has 0 aliphatic carbocycles. The van der Waals surface area contributed by atoms with Gasteiger partial charge in [-0.25, -0.2) is 0 Å². The molecule has 1 fully saturated rings. The van der Waals surface area contributed by atoms with Gasteiger partial charge in [0.2, 0.25) is 0 Å². The van der Waals surface area contributed by atoms with Gasteiger partial charge in [-0.15, -0.1) is 0 Å². The lowest BCUT2D eigenvalue weighted by molar-refractivity contribution is 0.168. The first-order chi connectivity index (χ1) is 10.1. The molecule has 1 atom stereocenters. The lowest BCUT2D eigenvalue weighted by Crippen LogP contribution is -2.66. The topological polar surface area (TPSA) is 29.3 Å². The molecule has 3 heteroatoms. The Bertz CT molecular complexity index is 432. The van der Waals surface area contributed by atoms with Crippen molar-refractivity contribution >= 4 is 17.4 Å². The summed E-state index contributed by atoms with van der Waals surface area (Å²) in [5.74, 6) is 2.39. The van der Waals surface area contributed by atoms with Gasteiger partial charge in [-0.05, 0) is 36.1 Å². The molecule has 1 aliphatic rings. The number of rotatable bonds is 6. The molecule has 0 bridgehead atoms. The predicted octanol–water partition coefficient (Wildman–Crippen LogP) is 4.15. The molecular formula is C18H30N2S. The van der Waals surface area contributed by atoms with Crippen LogP contribution in [-0.4, -0.2) is 30.1 Å². The molecule has 1 aliphatic heterocycles. The van der Waals surface area contributed by atoms with E-state index in [0.29, 0.717) is 0 Å². The predicted molar refractivity (Wildman–Crippen MR) is 96.2 cm³/mol. The van der Waals surface area contributed by atoms with E-state index in [1.165, 1.54) is 30.7 Å². The Morgan fingerprint density at radius 1 is 1.24 bits per heavy atom. The number of para-hydroxylation sites is 1. The molecule has 0 amide bonds. The van der Waals surface area contributed by atoms with Gasteiger partial charge in [0, 0.05) is 24.5 Å². The summed E-state index contributed by atoms with van der Waals surface area (Å²) in [7, 11) is 0. The highest BCUT2D eigenvalue weighted by Crippen LogP contribution is 2.47. The normalized spacial score (nSPS) is 24.8. The second kappa shape index (κ2) is 7.06. The van der Waals surface area contributed by atoms with E-state index in [-0.39, 0.29) is 11.0 Å². The van der Waals surface area contributed by atoms with Crippen LogP contribution in [0.1, 0.15) is 40.0 Å². The van der Waals surface area contributed by atoms with Crippen molar-refractivity contribution in [1.82, 2.24) is 0 Å². The third-order valence-corrected chi connectivity index (χ3v) is 6.30. The fraction of sp³-hybridized carbons (Fsp3) is 0.667. The summed E-state index contributed by atoms with van der Waals surface area (Å²) in [4.78, 5) is 2.61. The quantitative estimate of drug-likeness (QED) is 0.856. The molecule has 1 unspecified atom stereocenters. The minimum atomic E-state index is 0.0619. The first-order valence-corrected chi connectivity index (χ1v) is 9.33. The van der Waals surface area contributed by atoms with Crippen LogP contribution in [-0.2, 0) is 0 Å². The monoisotopic (exact) mass is 306 g/mol. The maximum Gasteiger partial charge on any atom is 0.0665 e. The van der Waals surface area contributed by atoms with Crippen molar-refractivity contribution in [2.24, 2.45) is 11.1 Å². The van der Waals surface area contributed by atoms with Crippen molar-refractivity contribution in [3.63, 3.8) is 0 Å². The van der Waals surface area contributed by atoms with E-state index < -0.39 is 0 Å². The van der Waals surface area contributed by atoms with Crippen LogP contribution < -0.4 is 10.6 Å². The van der Waals surface area contributed by atoms with Gasteiger partial charge < -0.3 is 10.6 Å². The smallest absolute Gasteiger partial charge is 0.0665 e. The molecule has 0 radical (unpaired) electrons. The molecule has 2 nitrogen and oxygen atoms in total. The molecular weight excluding hydrogens is 276 g/mol. The Morgan fingerprint density at radius 2 is 1.95 bits per heavy atom. The number of hydrogen-bond acceptors (Lipinski definition) is 3.